The highest BCUT2D eigenvalue weighted by Crippen LogP contribution is 2.14. The Morgan fingerprint density at radius 3 is 2.32 bits per heavy atom. The molecule has 0 aliphatic carbocycles. The van der Waals surface area contributed by atoms with E-state index < -0.39 is 17.5 Å². The molecule has 0 aromatic rings. The zero-order valence-electron chi connectivity index (χ0n) is 11.6. The zero-order chi connectivity index (χ0) is 14.6. The number of rotatable bonds is 6. The van der Waals surface area contributed by atoms with Gasteiger partial charge in [0.1, 0.15) is 13.1 Å². The van der Waals surface area contributed by atoms with E-state index in [4.69, 9.17) is 0 Å². The maximum absolute atomic E-state index is 11.9. The van der Waals surface area contributed by atoms with Crippen LogP contribution in [0.4, 0.5) is 4.79 Å². The minimum Gasteiger partial charge on any atom is -0.394 e. The van der Waals surface area contributed by atoms with Crippen molar-refractivity contribution in [1.29, 1.82) is 0 Å². The Kier molecular flexibility index (Phi) is 4.88. The van der Waals surface area contributed by atoms with Crippen LogP contribution >= 0.6 is 0 Å². The van der Waals surface area contributed by atoms with Crippen molar-refractivity contribution in [3.05, 3.63) is 0 Å². The molecular weight excluding hydrogens is 250 g/mol. The van der Waals surface area contributed by atoms with Gasteiger partial charge in [0.2, 0.25) is 5.91 Å². The van der Waals surface area contributed by atoms with Gasteiger partial charge in [-0.3, -0.25) is 14.5 Å². The molecule has 1 fully saturated rings. The SMILES string of the molecule is CCC(CC)(CO)NC(=O)CN1C(=O)CN(C)C1=O. The molecule has 0 bridgehead atoms. The van der Waals surface area contributed by atoms with Crippen molar-refractivity contribution in [3.8, 4) is 0 Å². The zero-order valence-corrected chi connectivity index (χ0v) is 11.6. The largest absolute Gasteiger partial charge is 0.394 e. The lowest BCUT2D eigenvalue weighted by atomic mass is 9.94. The van der Waals surface area contributed by atoms with Gasteiger partial charge in [-0.2, -0.15) is 0 Å². The van der Waals surface area contributed by atoms with Gasteiger partial charge in [0.25, 0.3) is 5.91 Å². The Bertz CT molecular complexity index is 371. The van der Waals surface area contributed by atoms with Gasteiger partial charge >= 0.3 is 6.03 Å². The van der Waals surface area contributed by atoms with Crippen LogP contribution < -0.4 is 5.32 Å². The average Bonchev–Trinajstić information content (AvgIpc) is 2.63. The van der Waals surface area contributed by atoms with E-state index in [0.717, 1.165) is 4.90 Å². The fourth-order valence-electron chi connectivity index (χ4n) is 1.99. The molecule has 1 heterocycles. The number of aliphatic hydroxyl groups is 1. The summed E-state index contributed by atoms with van der Waals surface area (Å²) in [6.07, 6.45) is 1.15. The maximum Gasteiger partial charge on any atom is 0.327 e. The van der Waals surface area contributed by atoms with Gasteiger partial charge in [-0.1, -0.05) is 13.8 Å². The normalized spacial score (nSPS) is 16.2. The average molecular weight is 271 g/mol. The number of likely N-dealkylation sites (N-methyl/N-ethyl adjacent to an activating group) is 1. The van der Waals surface area contributed by atoms with Gasteiger partial charge in [0, 0.05) is 7.05 Å². The lowest BCUT2D eigenvalue weighted by Crippen LogP contribution is -2.53. The van der Waals surface area contributed by atoms with Crippen molar-refractivity contribution in [2.45, 2.75) is 32.2 Å². The number of imide groups is 1. The second-order valence-electron chi connectivity index (χ2n) is 4.81. The van der Waals surface area contributed by atoms with Crippen LogP contribution in [0.5, 0.6) is 0 Å². The van der Waals surface area contributed by atoms with E-state index in [0.29, 0.717) is 12.8 Å². The topological polar surface area (TPSA) is 89.9 Å². The first-order chi connectivity index (χ1) is 8.89. The quantitative estimate of drug-likeness (QED) is 0.640. The summed E-state index contributed by atoms with van der Waals surface area (Å²) in [6.45, 7) is 3.25. The monoisotopic (exact) mass is 271 g/mol. The first-order valence-electron chi connectivity index (χ1n) is 6.36. The molecule has 0 aromatic carbocycles. The summed E-state index contributed by atoms with van der Waals surface area (Å²) in [5.74, 6) is -0.819. The number of urea groups is 1. The second-order valence-corrected chi connectivity index (χ2v) is 4.81. The van der Waals surface area contributed by atoms with E-state index in [9.17, 15) is 19.5 Å². The van der Waals surface area contributed by atoms with Gasteiger partial charge in [0.05, 0.1) is 12.1 Å². The van der Waals surface area contributed by atoms with Gasteiger partial charge in [0.15, 0.2) is 0 Å². The fourth-order valence-corrected chi connectivity index (χ4v) is 1.99. The van der Waals surface area contributed by atoms with Crippen LogP contribution in [0.2, 0.25) is 0 Å². The number of hydrogen-bond donors (Lipinski definition) is 2. The molecule has 1 aliphatic rings. The molecule has 0 radical (unpaired) electrons. The molecule has 7 nitrogen and oxygen atoms in total. The van der Waals surface area contributed by atoms with Crippen molar-refractivity contribution >= 4 is 17.8 Å². The van der Waals surface area contributed by atoms with Gasteiger partial charge in [-0.25, -0.2) is 4.79 Å². The molecule has 19 heavy (non-hydrogen) atoms. The van der Waals surface area contributed by atoms with E-state index in [2.05, 4.69) is 5.32 Å². The van der Waals surface area contributed by atoms with Crippen molar-refractivity contribution < 1.29 is 19.5 Å². The lowest BCUT2D eigenvalue weighted by Gasteiger charge is -2.31. The first-order valence-corrected chi connectivity index (χ1v) is 6.36. The number of carbonyl (C=O) groups is 3. The molecule has 7 heteroatoms. The van der Waals surface area contributed by atoms with Gasteiger partial charge in [-0.05, 0) is 12.8 Å². The summed E-state index contributed by atoms with van der Waals surface area (Å²) in [6, 6.07) is -0.470. The summed E-state index contributed by atoms with van der Waals surface area (Å²) < 4.78 is 0. The van der Waals surface area contributed by atoms with Crippen LogP contribution in [-0.2, 0) is 9.59 Å². The molecule has 4 amide bonds. The first kappa shape index (κ1) is 15.4. The summed E-state index contributed by atoms with van der Waals surface area (Å²) in [4.78, 5) is 37.2. The Labute approximate surface area is 112 Å². The molecule has 0 saturated carbocycles. The van der Waals surface area contributed by atoms with Gasteiger partial charge < -0.3 is 15.3 Å². The molecule has 0 spiro atoms. The van der Waals surface area contributed by atoms with Crippen molar-refractivity contribution in [2.24, 2.45) is 0 Å². The summed E-state index contributed by atoms with van der Waals surface area (Å²) in [5.41, 5.74) is -0.686. The van der Waals surface area contributed by atoms with Crippen LogP contribution in [-0.4, -0.2) is 65.0 Å². The lowest BCUT2D eigenvalue weighted by molar-refractivity contribution is -0.132. The molecule has 1 saturated heterocycles. The Morgan fingerprint density at radius 1 is 1.37 bits per heavy atom. The van der Waals surface area contributed by atoms with E-state index in [-0.39, 0.29) is 25.6 Å². The molecule has 0 unspecified atom stereocenters. The number of hydrogen-bond acceptors (Lipinski definition) is 4. The predicted molar refractivity (Wildman–Crippen MR) is 68.3 cm³/mol. The Balaban J connectivity index is 2.65. The highest BCUT2D eigenvalue weighted by atomic mass is 16.3. The fraction of sp³-hybridized carbons (Fsp3) is 0.750. The molecule has 0 atom stereocenters. The molecule has 1 rings (SSSR count). The predicted octanol–water partition coefficient (Wildman–Crippen LogP) is -0.452. The second kappa shape index (κ2) is 6.01. The molecule has 2 N–H and O–H groups in total. The van der Waals surface area contributed by atoms with E-state index in [1.807, 2.05) is 13.8 Å². The molecule has 1 aliphatic heterocycles. The van der Waals surface area contributed by atoms with Gasteiger partial charge in [-0.15, -0.1) is 0 Å². The number of nitrogens with zero attached hydrogens (tertiary/aromatic N) is 2. The smallest absolute Gasteiger partial charge is 0.327 e. The highest BCUT2D eigenvalue weighted by Gasteiger charge is 2.36. The summed E-state index contributed by atoms with van der Waals surface area (Å²) >= 11 is 0. The number of amides is 4. The minimum absolute atomic E-state index is 0.00118. The van der Waals surface area contributed by atoms with Crippen molar-refractivity contribution in [1.82, 2.24) is 15.1 Å². The van der Waals surface area contributed by atoms with E-state index in [1.54, 1.807) is 0 Å². The minimum atomic E-state index is -0.686. The third kappa shape index (κ3) is 3.23. The van der Waals surface area contributed by atoms with Crippen LogP contribution in [0, 0.1) is 0 Å². The Hall–Kier alpha value is -1.63. The van der Waals surface area contributed by atoms with Crippen molar-refractivity contribution in [3.63, 3.8) is 0 Å². The summed E-state index contributed by atoms with van der Waals surface area (Å²) in [7, 11) is 1.51. The maximum atomic E-state index is 11.9. The molecule has 0 aromatic heterocycles. The summed E-state index contributed by atoms with van der Waals surface area (Å²) in [5, 5.41) is 12.1. The van der Waals surface area contributed by atoms with E-state index >= 15 is 0 Å². The third-order valence-electron chi connectivity index (χ3n) is 3.59. The van der Waals surface area contributed by atoms with Crippen LogP contribution in [0.25, 0.3) is 0 Å². The van der Waals surface area contributed by atoms with Crippen LogP contribution in [0.3, 0.4) is 0 Å². The molecular formula is C12H21N3O4. The number of aliphatic hydroxyl groups excluding tert-OH is 1. The number of nitrogens with one attached hydrogen (secondary N) is 1. The highest BCUT2D eigenvalue weighted by molar-refractivity contribution is 6.04. The Morgan fingerprint density at radius 2 is 1.95 bits per heavy atom. The molecule has 108 valence electrons. The third-order valence-corrected chi connectivity index (χ3v) is 3.59. The number of carbonyl (C=O) groups excluding carboxylic acids is 3. The van der Waals surface area contributed by atoms with Crippen LogP contribution in [0.15, 0.2) is 0 Å². The van der Waals surface area contributed by atoms with E-state index in [1.165, 1.54) is 11.9 Å². The van der Waals surface area contributed by atoms with Crippen LogP contribution in [0.1, 0.15) is 26.7 Å². The standard InChI is InChI=1S/C12H21N3O4/c1-4-12(5-2,8-16)13-9(17)6-15-10(18)7-14(3)11(15)19/h16H,4-8H2,1-3H3,(H,13,17). The van der Waals surface area contributed by atoms with Crippen molar-refractivity contribution in [2.75, 3.05) is 26.7 Å².